The van der Waals surface area contributed by atoms with E-state index in [9.17, 15) is 8.42 Å². The van der Waals surface area contributed by atoms with Crippen molar-refractivity contribution in [3.63, 3.8) is 0 Å². The van der Waals surface area contributed by atoms with Crippen molar-refractivity contribution < 1.29 is 22.1 Å². The maximum atomic E-state index is 13.1. The Hall–Kier alpha value is -0.950. The van der Waals surface area contributed by atoms with Crippen molar-refractivity contribution in [1.82, 2.24) is 0 Å². The maximum Gasteiger partial charge on any atom is 0.297 e. The van der Waals surface area contributed by atoms with E-state index in [1.165, 1.54) is 19.3 Å². The molecule has 0 aromatic heterocycles. The van der Waals surface area contributed by atoms with E-state index < -0.39 is 10.1 Å². The number of benzene rings is 1. The van der Waals surface area contributed by atoms with Crippen molar-refractivity contribution in [3.8, 4) is 0 Å². The lowest BCUT2D eigenvalue weighted by Crippen LogP contribution is -2.57. The second-order valence-corrected chi connectivity index (χ2v) is 14.0. The first-order valence-corrected chi connectivity index (χ1v) is 14.8. The molecule has 6 rings (SSSR count). The minimum Gasteiger partial charge on any atom is -0.348 e. The lowest BCUT2D eigenvalue weighted by atomic mass is 9.44. The van der Waals surface area contributed by atoms with Crippen LogP contribution in [0.5, 0.6) is 0 Å². The molecule has 0 bridgehead atoms. The molecule has 188 valence electrons. The zero-order valence-electron chi connectivity index (χ0n) is 20.9. The molecule has 4 aliphatic carbocycles. The van der Waals surface area contributed by atoms with Gasteiger partial charge in [-0.2, -0.15) is 8.42 Å². The van der Waals surface area contributed by atoms with Crippen LogP contribution in [0.2, 0.25) is 0 Å². The molecule has 34 heavy (non-hydrogen) atoms. The smallest absolute Gasteiger partial charge is 0.297 e. The average molecular weight is 489 g/mol. The van der Waals surface area contributed by atoms with Crippen LogP contribution in [0.15, 0.2) is 29.2 Å². The summed E-state index contributed by atoms with van der Waals surface area (Å²) in [5, 5.41) is 0. The Kier molecular flexibility index (Phi) is 5.53. The molecule has 0 unspecified atom stereocenters. The van der Waals surface area contributed by atoms with Crippen molar-refractivity contribution in [1.29, 1.82) is 0 Å². The molecule has 5 nitrogen and oxygen atoms in total. The van der Waals surface area contributed by atoms with Crippen LogP contribution in [-0.2, 0) is 23.8 Å². The van der Waals surface area contributed by atoms with Crippen molar-refractivity contribution in [2.45, 2.75) is 95.3 Å². The normalized spacial score (nSPS) is 43.3. The van der Waals surface area contributed by atoms with E-state index in [0.717, 1.165) is 63.2 Å². The first-order valence-electron chi connectivity index (χ1n) is 13.4. The van der Waals surface area contributed by atoms with Crippen LogP contribution in [0.3, 0.4) is 0 Å². The Bertz CT molecular complexity index is 1030. The molecular weight excluding hydrogens is 448 g/mol. The van der Waals surface area contributed by atoms with Gasteiger partial charge in [-0.1, -0.05) is 31.5 Å². The predicted molar refractivity (Wildman–Crippen MR) is 130 cm³/mol. The van der Waals surface area contributed by atoms with Crippen LogP contribution in [0.25, 0.3) is 0 Å². The predicted octanol–water partition coefficient (Wildman–Crippen LogP) is 5.85. The van der Waals surface area contributed by atoms with Crippen LogP contribution in [0.1, 0.15) is 77.2 Å². The molecule has 1 heterocycles. The van der Waals surface area contributed by atoms with E-state index in [-0.39, 0.29) is 27.6 Å². The minimum absolute atomic E-state index is 0.0746. The summed E-state index contributed by atoms with van der Waals surface area (Å²) < 4.78 is 44.7. The van der Waals surface area contributed by atoms with Crippen molar-refractivity contribution in [3.05, 3.63) is 29.8 Å². The van der Waals surface area contributed by atoms with Crippen LogP contribution in [0.4, 0.5) is 0 Å². The molecular formula is C28H40O5S. The minimum atomic E-state index is -3.76. The zero-order chi connectivity index (χ0) is 23.8. The summed E-state index contributed by atoms with van der Waals surface area (Å²) in [6.07, 6.45) is 9.73. The zero-order valence-corrected chi connectivity index (χ0v) is 21.7. The maximum absolute atomic E-state index is 13.1. The highest BCUT2D eigenvalue weighted by Crippen LogP contribution is 2.68. The third-order valence-corrected chi connectivity index (χ3v) is 12.2. The number of rotatable bonds is 3. The van der Waals surface area contributed by atoms with Gasteiger partial charge in [-0.05, 0) is 98.5 Å². The summed E-state index contributed by atoms with van der Waals surface area (Å²) in [7, 11) is -3.76. The average Bonchev–Trinajstić information content (AvgIpc) is 3.37. The number of hydrogen-bond acceptors (Lipinski definition) is 5. The molecule has 6 heteroatoms. The summed E-state index contributed by atoms with van der Waals surface area (Å²) in [4.78, 5) is 0.274. The van der Waals surface area contributed by atoms with Crippen molar-refractivity contribution in [2.24, 2.45) is 34.5 Å². The van der Waals surface area contributed by atoms with Crippen molar-refractivity contribution in [2.75, 3.05) is 13.2 Å². The van der Waals surface area contributed by atoms with Gasteiger partial charge >= 0.3 is 0 Å². The van der Waals surface area contributed by atoms with Gasteiger partial charge in [0.2, 0.25) is 0 Å². The largest absolute Gasteiger partial charge is 0.348 e. The SMILES string of the molecule is Cc1ccc(S(=O)(=O)O[C@@H]2CC[C@@H]3[C@@H]4CC[C@H]5CCC6(C[C@]5(C)[C@@H]4CC[C@]32C)OCCO6)cc1. The summed E-state index contributed by atoms with van der Waals surface area (Å²) >= 11 is 0. The molecule has 1 aromatic carbocycles. The fourth-order valence-electron chi connectivity index (χ4n) is 9.11. The quantitative estimate of drug-likeness (QED) is 0.499. The van der Waals surface area contributed by atoms with E-state index in [4.69, 9.17) is 13.7 Å². The van der Waals surface area contributed by atoms with E-state index >= 15 is 0 Å². The van der Waals surface area contributed by atoms with Gasteiger partial charge in [0.1, 0.15) is 0 Å². The van der Waals surface area contributed by atoms with Gasteiger partial charge in [0.15, 0.2) is 5.79 Å². The summed E-state index contributed by atoms with van der Waals surface area (Å²) in [5.74, 6) is 2.25. The highest BCUT2D eigenvalue weighted by atomic mass is 32.2. The fraction of sp³-hybridized carbons (Fsp3) is 0.786. The first kappa shape index (κ1) is 23.4. The van der Waals surface area contributed by atoms with Gasteiger partial charge in [0.05, 0.1) is 24.2 Å². The Morgan fingerprint density at radius 1 is 0.853 bits per heavy atom. The topological polar surface area (TPSA) is 61.8 Å². The Morgan fingerprint density at radius 2 is 1.56 bits per heavy atom. The summed E-state index contributed by atoms with van der Waals surface area (Å²) in [6, 6.07) is 7.03. The Balaban J connectivity index is 1.23. The fourth-order valence-corrected chi connectivity index (χ4v) is 10.3. The lowest BCUT2D eigenvalue weighted by Gasteiger charge is -2.62. The lowest BCUT2D eigenvalue weighted by molar-refractivity contribution is -0.239. The van der Waals surface area contributed by atoms with Crippen LogP contribution < -0.4 is 0 Å². The number of hydrogen-bond donors (Lipinski definition) is 0. The standard InChI is InChI=1S/C28H40O5S/c1-19-4-7-21(8-5-19)34(29,30)33-25-11-10-23-22-9-6-20-12-15-28(31-16-17-32-28)18-27(20,3)24(22)13-14-26(23,25)2/h4-5,7-8,20,22-25H,6,9-18H2,1-3H3/t20-,22-,23+,24+,25+,26+,27-/m0/s1. The second kappa shape index (κ2) is 8.03. The molecule has 0 amide bonds. The highest BCUT2D eigenvalue weighted by Gasteiger charge is 2.63. The highest BCUT2D eigenvalue weighted by molar-refractivity contribution is 7.86. The Labute approximate surface area is 205 Å². The third-order valence-electron chi connectivity index (χ3n) is 10.9. The molecule has 5 fully saturated rings. The van der Waals surface area contributed by atoms with E-state index in [2.05, 4.69) is 13.8 Å². The molecule has 7 atom stereocenters. The van der Waals surface area contributed by atoms with Gasteiger partial charge in [-0.15, -0.1) is 0 Å². The first-order chi connectivity index (χ1) is 16.2. The van der Waals surface area contributed by atoms with Crippen LogP contribution in [-0.4, -0.2) is 33.5 Å². The molecule has 5 aliphatic rings. The number of aryl methyl sites for hydroxylation is 1. The molecule has 0 radical (unpaired) electrons. The van der Waals surface area contributed by atoms with Crippen LogP contribution >= 0.6 is 0 Å². The number of fused-ring (bicyclic) bond motifs is 5. The van der Waals surface area contributed by atoms with Gasteiger partial charge in [-0.3, -0.25) is 4.18 Å². The van der Waals surface area contributed by atoms with Gasteiger partial charge in [0.25, 0.3) is 10.1 Å². The molecule has 0 N–H and O–H groups in total. The third kappa shape index (κ3) is 3.54. The summed E-state index contributed by atoms with van der Waals surface area (Å²) in [6.45, 7) is 8.25. The molecule has 1 saturated heterocycles. The van der Waals surface area contributed by atoms with Crippen LogP contribution in [0, 0.1) is 41.4 Å². The monoisotopic (exact) mass is 488 g/mol. The van der Waals surface area contributed by atoms with Gasteiger partial charge in [0, 0.05) is 12.8 Å². The van der Waals surface area contributed by atoms with E-state index in [1.54, 1.807) is 12.1 Å². The molecule has 1 aromatic rings. The van der Waals surface area contributed by atoms with Gasteiger partial charge in [-0.25, -0.2) is 0 Å². The van der Waals surface area contributed by atoms with Crippen molar-refractivity contribution >= 4 is 10.1 Å². The van der Waals surface area contributed by atoms with E-state index in [0.29, 0.717) is 17.8 Å². The Morgan fingerprint density at radius 3 is 2.29 bits per heavy atom. The number of ether oxygens (including phenoxy) is 2. The van der Waals surface area contributed by atoms with Gasteiger partial charge < -0.3 is 9.47 Å². The van der Waals surface area contributed by atoms with E-state index in [1.807, 2.05) is 19.1 Å². The summed E-state index contributed by atoms with van der Waals surface area (Å²) in [5.41, 5.74) is 1.22. The molecule has 1 spiro atoms. The molecule has 1 aliphatic heterocycles. The second-order valence-electron chi connectivity index (χ2n) is 12.5. The molecule has 4 saturated carbocycles.